The first-order chi connectivity index (χ1) is 9.63. The van der Waals surface area contributed by atoms with Crippen LogP contribution in [-0.4, -0.2) is 49.1 Å². The van der Waals surface area contributed by atoms with Gasteiger partial charge in [0.1, 0.15) is 0 Å². The van der Waals surface area contributed by atoms with Crippen molar-refractivity contribution in [1.82, 2.24) is 9.80 Å². The molecule has 0 radical (unpaired) electrons. The minimum absolute atomic E-state index is 0.745. The maximum atomic E-state index is 2.57. The van der Waals surface area contributed by atoms with Gasteiger partial charge in [-0.25, -0.2) is 0 Å². The number of hydrogen-bond acceptors (Lipinski definition) is 2. The molecule has 20 heavy (non-hydrogen) atoms. The molecule has 0 N–H and O–H groups in total. The van der Waals surface area contributed by atoms with E-state index in [0.29, 0.717) is 0 Å². The molecule has 1 atom stereocenters. The van der Waals surface area contributed by atoms with E-state index in [-0.39, 0.29) is 0 Å². The molecule has 1 heterocycles. The second kappa shape index (κ2) is 7.42. The second-order valence-electron chi connectivity index (χ2n) is 6.60. The van der Waals surface area contributed by atoms with E-state index in [4.69, 9.17) is 0 Å². The van der Waals surface area contributed by atoms with Crippen LogP contribution in [0.2, 0.25) is 0 Å². The van der Waals surface area contributed by atoms with Crippen molar-refractivity contribution < 1.29 is 0 Å². The highest BCUT2D eigenvalue weighted by molar-refractivity contribution is 5.25. The van der Waals surface area contributed by atoms with E-state index < -0.39 is 0 Å². The van der Waals surface area contributed by atoms with Crippen LogP contribution in [0.5, 0.6) is 0 Å². The van der Waals surface area contributed by atoms with Gasteiger partial charge in [-0.15, -0.1) is 0 Å². The summed E-state index contributed by atoms with van der Waals surface area (Å²) < 4.78 is 0. The van der Waals surface area contributed by atoms with Gasteiger partial charge in [-0.2, -0.15) is 0 Å². The van der Waals surface area contributed by atoms with E-state index in [2.05, 4.69) is 49.8 Å². The number of likely N-dealkylation sites (N-methyl/N-ethyl adjacent to an activating group) is 2. The number of hydrogen-bond donors (Lipinski definition) is 0. The van der Waals surface area contributed by atoms with Crippen molar-refractivity contribution in [3.05, 3.63) is 23.3 Å². The first-order valence-corrected chi connectivity index (χ1v) is 8.45. The number of likely N-dealkylation sites (tertiary alicyclic amines) is 1. The third kappa shape index (κ3) is 3.95. The zero-order valence-electron chi connectivity index (χ0n) is 13.9. The molecule has 1 unspecified atom stereocenters. The summed E-state index contributed by atoms with van der Waals surface area (Å²) in [6, 6.07) is 0.800. The summed E-state index contributed by atoms with van der Waals surface area (Å²) in [4.78, 5) is 5.09. The summed E-state index contributed by atoms with van der Waals surface area (Å²) in [7, 11) is 2.30. The lowest BCUT2D eigenvalue weighted by molar-refractivity contribution is 0.0517. The van der Waals surface area contributed by atoms with E-state index in [0.717, 1.165) is 12.0 Å². The van der Waals surface area contributed by atoms with Crippen LogP contribution in [0.1, 0.15) is 46.5 Å². The first-order valence-electron chi connectivity index (χ1n) is 8.45. The standard InChI is InChI=1S/C18H32N2/c1-5-16-7-9-17(10-8-16)15(3)11-12-19(4)18-13-20(6-2)14-18/h7,9,15,18H,5-6,8,10-14H2,1-4H3. The van der Waals surface area contributed by atoms with Crippen molar-refractivity contribution >= 4 is 0 Å². The number of allylic oxidation sites excluding steroid dienone is 4. The Kier molecular flexibility index (Phi) is 5.86. The van der Waals surface area contributed by atoms with Gasteiger partial charge in [0.15, 0.2) is 0 Å². The highest BCUT2D eigenvalue weighted by Gasteiger charge is 2.28. The fourth-order valence-corrected chi connectivity index (χ4v) is 3.25. The molecule has 2 aliphatic rings. The van der Waals surface area contributed by atoms with Gasteiger partial charge in [-0.1, -0.05) is 44.1 Å². The van der Waals surface area contributed by atoms with Gasteiger partial charge in [-0.3, -0.25) is 0 Å². The summed E-state index contributed by atoms with van der Waals surface area (Å²) in [5.74, 6) is 0.745. The van der Waals surface area contributed by atoms with Crippen LogP contribution in [0.15, 0.2) is 23.3 Å². The Morgan fingerprint density at radius 2 is 2.00 bits per heavy atom. The number of nitrogens with zero attached hydrogens (tertiary/aromatic N) is 2. The minimum Gasteiger partial charge on any atom is -0.301 e. The molecule has 0 aromatic rings. The molecule has 0 amide bonds. The van der Waals surface area contributed by atoms with Gasteiger partial charge in [0, 0.05) is 19.1 Å². The average Bonchev–Trinajstić information content (AvgIpc) is 2.43. The molecule has 2 nitrogen and oxygen atoms in total. The van der Waals surface area contributed by atoms with Gasteiger partial charge in [-0.05, 0) is 51.7 Å². The van der Waals surface area contributed by atoms with Gasteiger partial charge in [0.05, 0.1) is 0 Å². The SMILES string of the molecule is CCC1=CC=C(C(C)CCN(C)C2CN(CC)C2)CC1. The molecule has 0 saturated carbocycles. The smallest absolute Gasteiger partial charge is 0.0347 e. The lowest BCUT2D eigenvalue weighted by Gasteiger charge is -2.44. The molecule has 1 fully saturated rings. The molecule has 1 aliphatic carbocycles. The maximum absolute atomic E-state index is 2.57. The average molecular weight is 276 g/mol. The fourth-order valence-electron chi connectivity index (χ4n) is 3.25. The first kappa shape index (κ1) is 15.8. The molecule has 114 valence electrons. The van der Waals surface area contributed by atoms with E-state index in [1.54, 1.807) is 11.1 Å². The summed E-state index contributed by atoms with van der Waals surface area (Å²) in [5, 5.41) is 0. The maximum Gasteiger partial charge on any atom is 0.0347 e. The van der Waals surface area contributed by atoms with Crippen molar-refractivity contribution in [2.45, 2.75) is 52.5 Å². The highest BCUT2D eigenvalue weighted by atomic mass is 15.3. The van der Waals surface area contributed by atoms with Gasteiger partial charge in [0.2, 0.25) is 0 Å². The van der Waals surface area contributed by atoms with Crippen LogP contribution in [0.3, 0.4) is 0 Å². The lowest BCUT2D eigenvalue weighted by atomic mass is 9.87. The van der Waals surface area contributed by atoms with Crippen molar-refractivity contribution in [1.29, 1.82) is 0 Å². The minimum atomic E-state index is 0.745. The van der Waals surface area contributed by atoms with Crippen molar-refractivity contribution in [3.63, 3.8) is 0 Å². The van der Waals surface area contributed by atoms with Crippen molar-refractivity contribution in [2.24, 2.45) is 5.92 Å². The molecule has 0 bridgehead atoms. The van der Waals surface area contributed by atoms with Crippen LogP contribution < -0.4 is 0 Å². The van der Waals surface area contributed by atoms with Crippen LogP contribution in [0, 0.1) is 5.92 Å². The van der Waals surface area contributed by atoms with Gasteiger partial charge in [0.25, 0.3) is 0 Å². The Morgan fingerprint density at radius 3 is 2.55 bits per heavy atom. The summed E-state index contributed by atoms with van der Waals surface area (Å²) in [6.45, 7) is 11.9. The highest BCUT2D eigenvalue weighted by Crippen LogP contribution is 2.27. The quantitative estimate of drug-likeness (QED) is 0.699. The van der Waals surface area contributed by atoms with E-state index in [9.17, 15) is 0 Å². The Hall–Kier alpha value is -0.600. The van der Waals surface area contributed by atoms with Gasteiger partial charge < -0.3 is 9.80 Å². The Bertz CT molecular complexity index is 364. The Labute approximate surface area is 125 Å². The second-order valence-corrected chi connectivity index (χ2v) is 6.60. The molecule has 0 aromatic heterocycles. The van der Waals surface area contributed by atoms with E-state index >= 15 is 0 Å². The summed E-state index contributed by atoms with van der Waals surface area (Å²) >= 11 is 0. The van der Waals surface area contributed by atoms with Crippen LogP contribution in [0.25, 0.3) is 0 Å². The molecule has 1 aliphatic heterocycles. The Balaban J connectivity index is 1.71. The molecule has 0 aromatic carbocycles. The molecule has 0 spiro atoms. The zero-order chi connectivity index (χ0) is 14.5. The van der Waals surface area contributed by atoms with Crippen LogP contribution in [-0.2, 0) is 0 Å². The predicted octanol–water partition coefficient (Wildman–Crippen LogP) is 3.71. The molecule has 2 rings (SSSR count). The summed E-state index contributed by atoms with van der Waals surface area (Å²) in [5.41, 5.74) is 3.28. The van der Waals surface area contributed by atoms with Gasteiger partial charge >= 0.3 is 0 Å². The third-order valence-corrected chi connectivity index (χ3v) is 5.28. The molecule has 1 saturated heterocycles. The molecule has 2 heteroatoms. The van der Waals surface area contributed by atoms with Crippen LogP contribution in [0.4, 0.5) is 0 Å². The molecular weight excluding hydrogens is 244 g/mol. The Morgan fingerprint density at radius 1 is 1.25 bits per heavy atom. The largest absolute Gasteiger partial charge is 0.301 e. The van der Waals surface area contributed by atoms with E-state index in [1.807, 2.05) is 0 Å². The topological polar surface area (TPSA) is 6.48 Å². The zero-order valence-corrected chi connectivity index (χ0v) is 13.9. The normalized spacial score (nSPS) is 22.4. The third-order valence-electron chi connectivity index (χ3n) is 5.28. The lowest BCUT2D eigenvalue weighted by Crippen LogP contribution is -2.58. The van der Waals surface area contributed by atoms with E-state index in [1.165, 1.54) is 51.9 Å². The summed E-state index contributed by atoms with van der Waals surface area (Å²) in [6.07, 6.45) is 9.87. The van der Waals surface area contributed by atoms with Crippen molar-refractivity contribution in [3.8, 4) is 0 Å². The predicted molar refractivity (Wildman–Crippen MR) is 88.0 cm³/mol. The van der Waals surface area contributed by atoms with Crippen molar-refractivity contribution in [2.75, 3.05) is 33.2 Å². The van der Waals surface area contributed by atoms with Crippen LogP contribution >= 0.6 is 0 Å². The molecular formula is C18H32N2. The number of rotatable bonds is 7. The fraction of sp³-hybridized carbons (Fsp3) is 0.778. The monoisotopic (exact) mass is 276 g/mol.